The molecule has 2 heterocycles. The van der Waals surface area contributed by atoms with Crippen LogP contribution < -0.4 is 0 Å². The van der Waals surface area contributed by atoms with Crippen LogP contribution in [0.15, 0.2) is 170 Å². The van der Waals surface area contributed by atoms with Crippen LogP contribution in [0.2, 0.25) is 0 Å². The van der Waals surface area contributed by atoms with Gasteiger partial charge in [0.2, 0.25) is 0 Å². The van der Waals surface area contributed by atoms with Crippen LogP contribution in [0.5, 0.6) is 0 Å². The lowest BCUT2D eigenvalue weighted by atomic mass is 9.94. The number of nitrogens with zero attached hydrogens (tertiary/aromatic N) is 4. The molecule has 0 amide bonds. The zero-order valence-electron chi connectivity index (χ0n) is 26.0. The Hall–Kier alpha value is -6.52. The maximum Gasteiger partial charge on any atom is 0.160 e. The Kier molecular flexibility index (Phi) is 6.76. The van der Waals surface area contributed by atoms with Crippen molar-refractivity contribution in [3.05, 3.63) is 170 Å². The Bertz CT molecular complexity index is 2540. The average molecular weight is 613 g/mol. The average Bonchev–Trinajstić information content (AvgIpc) is 3.18. The highest BCUT2D eigenvalue weighted by molar-refractivity contribution is 6.15. The van der Waals surface area contributed by atoms with Crippen LogP contribution in [-0.4, -0.2) is 19.9 Å². The molecule has 2 aromatic heterocycles. The van der Waals surface area contributed by atoms with Gasteiger partial charge in [-0.1, -0.05) is 152 Å². The Morgan fingerprint density at radius 2 is 0.812 bits per heavy atom. The Balaban J connectivity index is 1.18. The highest BCUT2D eigenvalue weighted by atomic mass is 14.9. The molecule has 0 spiro atoms. The minimum atomic E-state index is 0.685. The van der Waals surface area contributed by atoms with Crippen LogP contribution in [0, 0.1) is 0 Å². The molecule has 0 bridgehead atoms. The summed E-state index contributed by atoms with van der Waals surface area (Å²) < 4.78 is 0. The van der Waals surface area contributed by atoms with Crippen molar-refractivity contribution in [1.82, 2.24) is 19.9 Å². The van der Waals surface area contributed by atoms with E-state index in [1.807, 2.05) is 54.6 Å². The molecule has 4 nitrogen and oxygen atoms in total. The van der Waals surface area contributed by atoms with E-state index in [1.54, 1.807) is 0 Å². The van der Waals surface area contributed by atoms with Crippen LogP contribution in [0.4, 0.5) is 0 Å². The van der Waals surface area contributed by atoms with E-state index in [1.165, 1.54) is 21.5 Å². The van der Waals surface area contributed by atoms with Gasteiger partial charge < -0.3 is 0 Å². The van der Waals surface area contributed by atoms with Crippen molar-refractivity contribution < 1.29 is 0 Å². The van der Waals surface area contributed by atoms with E-state index in [0.717, 1.165) is 55.8 Å². The lowest BCUT2D eigenvalue weighted by molar-refractivity contribution is 1.18. The molecule has 0 aliphatic rings. The molecule has 0 saturated carbocycles. The zero-order valence-corrected chi connectivity index (χ0v) is 26.0. The highest BCUT2D eigenvalue weighted by Crippen LogP contribution is 2.38. The van der Waals surface area contributed by atoms with Gasteiger partial charge in [-0.2, -0.15) is 0 Å². The van der Waals surface area contributed by atoms with Crippen molar-refractivity contribution in [3.8, 4) is 56.5 Å². The van der Waals surface area contributed by atoms with Crippen LogP contribution in [-0.2, 0) is 0 Å². The number of aromatic nitrogens is 4. The molecular formula is C44H28N4. The van der Waals surface area contributed by atoms with Gasteiger partial charge in [0.1, 0.15) is 0 Å². The number of hydrogen-bond donors (Lipinski definition) is 0. The number of benzene rings is 7. The first-order valence-corrected chi connectivity index (χ1v) is 16.1. The number of hydrogen-bond acceptors (Lipinski definition) is 4. The molecule has 0 aliphatic heterocycles. The third-order valence-corrected chi connectivity index (χ3v) is 8.89. The highest BCUT2D eigenvalue weighted by Gasteiger charge is 2.16. The Morgan fingerprint density at radius 3 is 1.54 bits per heavy atom. The predicted molar refractivity (Wildman–Crippen MR) is 197 cm³/mol. The molecule has 7 aromatic carbocycles. The van der Waals surface area contributed by atoms with Gasteiger partial charge in [-0.25, -0.2) is 19.9 Å². The second-order valence-electron chi connectivity index (χ2n) is 11.9. The maximum atomic E-state index is 5.27. The molecule has 0 N–H and O–H groups in total. The quantitative estimate of drug-likeness (QED) is 0.181. The summed E-state index contributed by atoms with van der Waals surface area (Å²) in [6.07, 6.45) is 0. The summed E-state index contributed by atoms with van der Waals surface area (Å²) >= 11 is 0. The molecule has 0 radical (unpaired) electrons. The molecule has 0 atom stereocenters. The SMILES string of the molecule is c1ccc(-c2cc(-c3ccc(-c4nc(-c5cc6ccccc6c6ccccc56)c5ccccc5n4)cc3)nc(-c3ccccc3)n2)cc1. The van der Waals surface area contributed by atoms with E-state index in [-0.39, 0.29) is 0 Å². The molecular weight excluding hydrogens is 585 g/mol. The van der Waals surface area contributed by atoms with E-state index >= 15 is 0 Å². The van der Waals surface area contributed by atoms with Gasteiger partial charge in [-0.3, -0.25) is 0 Å². The number of fused-ring (bicyclic) bond motifs is 4. The van der Waals surface area contributed by atoms with E-state index < -0.39 is 0 Å². The molecule has 0 aliphatic carbocycles. The normalized spacial score (nSPS) is 11.3. The lowest BCUT2D eigenvalue weighted by Gasteiger charge is -2.14. The molecule has 0 unspecified atom stereocenters. The third kappa shape index (κ3) is 4.97. The van der Waals surface area contributed by atoms with E-state index in [9.17, 15) is 0 Å². The van der Waals surface area contributed by atoms with Gasteiger partial charge in [0.05, 0.1) is 22.6 Å². The summed E-state index contributed by atoms with van der Waals surface area (Å²) in [5.74, 6) is 1.38. The fourth-order valence-corrected chi connectivity index (χ4v) is 6.52. The zero-order chi connectivity index (χ0) is 31.9. The van der Waals surface area contributed by atoms with Crippen molar-refractivity contribution in [2.75, 3.05) is 0 Å². The van der Waals surface area contributed by atoms with Crippen molar-refractivity contribution >= 4 is 32.4 Å². The first-order valence-electron chi connectivity index (χ1n) is 16.1. The minimum absolute atomic E-state index is 0.685. The molecule has 9 rings (SSSR count). The summed E-state index contributed by atoms with van der Waals surface area (Å²) in [6, 6.07) is 58.5. The summed E-state index contributed by atoms with van der Waals surface area (Å²) in [4.78, 5) is 20.3. The fraction of sp³-hybridized carbons (Fsp3) is 0. The molecule has 48 heavy (non-hydrogen) atoms. The first kappa shape index (κ1) is 27.8. The van der Waals surface area contributed by atoms with Gasteiger partial charge in [-0.15, -0.1) is 0 Å². The second-order valence-corrected chi connectivity index (χ2v) is 11.9. The smallest absolute Gasteiger partial charge is 0.160 e. The minimum Gasteiger partial charge on any atom is -0.228 e. The van der Waals surface area contributed by atoms with Gasteiger partial charge in [0, 0.05) is 33.2 Å². The molecule has 0 saturated heterocycles. The van der Waals surface area contributed by atoms with Crippen molar-refractivity contribution in [1.29, 1.82) is 0 Å². The van der Waals surface area contributed by atoms with Crippen LogP contribution in [0.25, 0.3) is 89.0 Å². The number of para-hydroxylation sites is 1. The van der Waals surface area contributed by atoms with Gasteiger partial charge >= 0.3 is 0 Å². The topological polar surface area (TPSA) is 51.6 Å². The summed E-state index contributed by atoms with van der Waals surface area (Å²) in [6.45, 7) is 0. The van der Waals surface area contributed by atoms with Crippen LogP contribution >= 0.6 is 0 Å². The van der Waals surface area contributed by atoms with Crippen molar-refractivity contribution in [2.45, 2.75) is 0 Å². The largest absolute Gasteiger partial charge is 0.228 e. The van der Waals surface area contributed by atoms with Gasteiger partial charge in [0.15, 0.2) is 11.6 Å². The van der Waals surface area contributed by atoms with Crippen LogP contribution in [0.1, 0.15) is 0 Å². The third-order valence-electron chi connectivity index (χ3n) is 8.89. The van der Waals surface area contributed by atoms with Crippen LogP contribution in [0.3, 0.4) is 0 Å². The Labute approximate surface area is 278 Å². The standard InChI is InChI=1S/C44H28N4/c1-3-13-29(14-4-1)40-28-41(47-43(46-40)31-15-5-2-6-16-31)30-23-25-32(26-24-30)44-45-39-22-12-11-21-37(39)42(48-44)38-27-33-17-7-8-18-34(33)35-19-9-10-20-36(35)38/h1-28H. The van der Waals surface area contributed by atoms with E-state index in [2.05, 4.69) is 115 Å². The van der Waals surface area contributed by atoms with Gasteiger partial charge in [-0.05, 0) is 39.7 Å². The van der Waals surface area contributed by atoms with Crippen molar-refractivity contribution in [3.63, 3.8) is 0 Å². The van der Waals surface area contributed by atoms with Gasteiger partial charge in [0.25, 0.3) is 0 Å². The summed E-state index contributed by atoms with van der Waals surface area (Å²) in [5.41, 5.74) is 8.65. The lowest BCUT2D eigenvalue weighted by Crippen LogP contribution is -1.97. The molecule has 4 heteroatoms. The summed E-state index contributed by atoms with van der Waals surface area (Å²) in [5, 5.41) is 5.85. The second kappa shape index (κ2) is 11.7. The fourth-order valence-electron chi connectivity index (χ4n) is 6.52. The molecule has 224 valence electrons. The maximum absolute atomic E-state index is 5.27. The van der Waals surface area contributed by atoms with Crippen molar-refractivity contribution in [2.24, 2.45) is 0 Å². The number of rotatable bonds is 5. The van der Waals surface area contributed by atoms with E-state index in [4.69, 9.17) is 19.9 Å². The molecule has 9 aromatic rings. The summed E-state index contributed by atoms with van der Waals surface area (Å²) in [7, 11) is 0. The Morgan fingerprint density at radius 1 is 0.312 bits per heavy atom. The predicted octanol–water partition coefficient (Wildman–Crippen LogP) is 11.1. The monoisotopic (exact) mass is 612 g/mol. The molecule has 0 fully saturated rings. The first-order chi connectivity index (χ1) is 23.8. The van der Waals surface area contributed by atoms with E-state index in [0.29, 0.717) is 11.6 Å².